The Kier molecular flexibility index (Phi) is 7.96. The molecule has 1 aromatic heterocycles. The number of rotatable bonds is 9. The first-order valence-electron chi connectivity index (χ1n) is 14.8. The first-order chi connectivity index (χ1) is 19.7. The molecular weight excluding hydrogens is 559 g/mol. The van der Waals surface area contributed by atoms with E-state index in [-0.39, 0.29) is 11.0 Å². The summed E-state index contributed by atoms with van der Waals surface area (Å²) in [6.45, 7) is 7.90. The zero-order valence-electron chi connectivity index (χ0n) is 23.8. The number of aromatic carboxylic acids is 1. The molecule has 0 amide bonds. The second-order valence-corrected chi connectivity index (χ2v) is 13.4. The van der Waals surface area contributed by atoms with Crippen LogP contribution in [0.1, 0.15) is 97.5 Å². The predicted octanol–water partition coefficient (Wildman–Crippen LogP) is 8.53. The van der Waals surface area contributed by atoms with Gasteiger partial charge >= 0.3 is 5.97 Å². The lowest BCUT2D eigenvalue weighted by atomic mass is 9.68. The van der Waals surface area contributed by atoms with Crippen LogP contribution in [0, 0.1) is 5.41 Å². The lowest BCUT2D eigenvalue weighted by Crippen LogP contribution is -2.45. The van der Waals surface area contributed by atoms with Crippen LogP contribution in [0.4, 0.5) is 0 Å². The van der Waals surface area contributed by atoms with Crippen molar-refractivity contribution in [1.82, 2.24) is 10.1 Å². The first kappa shape index (κ1) is 28.7. The molecule has 2 saturated carbocycles. The number of hydrogen-bond acceptors (Lipinski definition) is 5. The van der Waals surface area contributed by atoms with Gasteiger partial charge in [-0.25, -0.2) is 4.79 Å². The molecule has 1 aliphatic heterocycles. The van der Waals surface area contributed by atoms with Crippen molar-refractivity contribution in [3.63, 3.8) is 0 Å². The highest BCUT2D eigenvalue weighted by Crippen LogP contribution is 2.48. The smallest absolute Gasteiger partial charge is 0.335 e. The van der Waals surface area contributed by atoms with E-state index in [9.17, 15) is 9.90 Å². The maximum Gasteiger partial charge on any atom is 0.335 e. The van der Waals surface area contributed by atoms with Crippen LogP contribution in [0.25, 0.3) is 11.3 Å². The summed E-state index contributed by atoms with van der Waals surface area (Å²) >= 11 is 13.1. The van der Waals surface area contributed by atoms with Gasteiger partial charge < -0.3 is 14.4 Å². The van der Waals surface area contributed by atoms with Crippen LogP contribution in [0.5, 0.6) is 0 Å². The standard InChI is InChI=1S/C33H38Cl2N2O4/c1-3-33(40-19-25-29(36-41-30(25)22-8-9-22)28-26(34)5-4-6-27(28)35)14-12-32(2,13-15-33)20-37-16-11-21-7-10-23(31(38)39)17-24(21)18-37/h4-7,10,17,22H,3,8-9,11-16,18-20H2,1-2H3,(H,38,39). The van der Waals surface area contributed by atoms with E-state index >= 15 is 0 Å². The summed E-state index contributed by atoms with van der Waals surface area (Å²) in [6, 6.07) is 11.1. The van der Waals surface area contributed by atoms with Gasteiger partial charge in [0.1, 0.15) is 11.5 Å². The summed E-state index contributed by atoms with van der Waals surface area (Å²) in [5.74, 6) is 0.446. The Bertz CT molecular complexity index is 1420. The summed E-state index contributed by atoms with van der Waals surface area (Å²) in [5.41, 5.74) is 5.19. The van der Waals surface area contributed by atoms with Crippen LogP contribution < -0.4 is 0 Å². The normalized spacial score (nSPS) is 24.8. The average Bonchev–Trinajstić information content (AvgIpc) is 3.72. The van der Waals surface area contributed by atoms with E-state index in [1.54, 1.807) is 6.07 Å². The Labute approximate surface area is 251 Å². The number of ether oxygens (including phenoxy) is 1. The van der Waals surface area contributed by atoms with Crippen molar-refractivity contribution in [1.29, 1.82) is 0 Å². The van der Waals surface area contributed by atoms with Gasteiger partial charge in [0.2, 0.25) is 0 Å². The van der Waals surface area contributed by atoms with Crippen molar-refractivity contribution in [2.45, 2.75) is 89.9 Å². The predicted molar refractivity (Wildman–Crippen MR) is 161 cm³/mol. The number of carbonyl (C=O) groups is 1. The minimum absolute atomic E-state index is 0.190. The molecule has 2 aliphatic carbocycles. The van der Waals surface area contributed by atoms with Gasteiger partial charge in [-0.15, -0.1) is 0 Å². The number of benzene rings is 2. The molecule has 3 aromatic rings. The fraction of sp³-hybridized carbons (Fsp3) is 0.515. The van der Waals surface area contributed by atoms with Crippen LogP contribution in [-0.4, -0.2) is 39.8 Å². The van der Waals surface area contributed by atoms with Gasteiger partial charge in [0, 0.05) is 36.7 Å². The molecule has 0 spiro atoms. The fourth-order valence-electron chi connectivity index (χ4n) is 6.76. The molecule has 8 heteroatoms. The van der Waals surface area contributed by atoms with E-state index in [1.807, 2.05) is 30.3 Å². The number of nitrogens with zero attached hydrogens (tertiary/aromatic N) is 2. The number of carboxylic acids is 1. The average molecular weight is 598 g/mol. The molecule has 2 fully saturated rings. The van der Waals surface area contributed by atoms with E-state index in [4.69, 9.17) is 32.5 Å². The van der Waals surface area contributed by atoms with Crippen molar-refractivity contribution >= 4 is 29.2 Å². The Hall–Kier alpha value is -2.38. The quantitative estimate of drug-likeness (QED) is 0.267. The molecule has 218 valence electrons. The molecule has 3 aliphatic rings. The largest absolute Gasteiger partial charge is 0.478 e. The van der Waals surface area contributed by atoms with E-state index in [1.165, 1.54) is 5.56 Å². The number of halogens is 2. The van der Waals surface area contributed by atoms with Crippen LogP contribution in [0.3, 0.4) is 0 Å². The summed E-state index contributed by atoms with van der Waals surface area (Å²) < 4.78 is 12.7. The van der Waals surface area contributed by atoms with E-state index in [0.717, 1.165) is 87.9 Å². The molecule has 0 radical (unpaired) electrons. The topological polar surface area (TPSA) is 75.8 Å². The molecule has 0 saturated heterocycles. The fourth-order valence-corrected chi connectivity index (χ4v) is 7.34. The Morgan fingerprint density at radius 3 is 2.51 bits per heavy atom. The molecule has 0 unspecified atom stereocenters. The minimum Gasteiger partial charge on any atom is -0.478 e. The maximum absolute atomic E-state index is 11.5. The third-order valence-electron chi connectivity index (χ3n) is 9.65. The highest BCUT2D eigenvalue weighted by Gasteiger charge is 2.42. The molecule has 0 bridgehead atoms. The zero-order valence-corrected chi connectivity index (χ0v) is 25.4. The lowest BCUT2D eigenvalue weighted by molar-refractivity contribution is -0.105. The molecular formula is C33H38Cl2N2O4. The van der Waals surface area contributed by atoms with Gasteiger partial charge in [0.05, 0.1) is 27.8 Å². The summed E-state index contributed by atoms with van der Waals surface area (Å²) in [4.78, 5) is 14.0. The lowest BCUT2D eigenvalue weighted by Gasteiger charge is -2.47. The van der Waals surface area contributed by atoms with Gasteiger partial charge in [0.15, 0.2) is 0 Å². The van der Waals surface area contributed by atoms with Crippen LogP contribution >= 0.6 is 23.2 Å². The number of fused-ring (bicyclic) bond motifs is 1. The van der Waals surface area contributed by atoms with E-state index in [0.29, 0.717) is 39.4 Å². The third-order valence-corrected chi connectivity index (χ3v) is 10.3. The zero-order chi connectivity index (χ0) is 28.8. The van der Waals surface area contributed by atoms with Crippen molar-refractivity contribution in [3.05, 3.63) is 74.5 Å². The van der Waals surface area contributed by atoms with E-state index < -0.39 is 5.97 Å². The highest BCUT2D eigenvalue weighted by molar-refractivity contribution is 6.39. The van der Waals surface area contributed by atoms with Gasteiger partial charge in [-0.05, 0) is 92.2 Å². The number of carboxylic acid groups (broad SMARTS) is 1. The Morgan fingerprint density at radius 2 is 1.85 bits per heavy atom. The van der Waals surface area contributed by atoms with Crippen molar-refractivity contribution in [2.75, 3.05) is 13.1 Å². The molecule has 6 rings (SSSR count). The van der Waals surface area contributed by atoms with Gasteiger partial charge in [0.25, 0.3) is 0 Å². The van der Waals surface area contributed by atoms with Gasteiger partial charge in [-0.1, -0.05) is 54.3 Å². The van der Waals surface area contributed by atoms with Crippen LogP contribution in [0.2, 0.25) is 10.0 Å². The number of hydrogen-bond donors (Lipinski definition) is 1. The number of aromatic nitrogens is 1. The van der Waals surface area contributed by atoms with Crippen molar-refractivity contribution < 1.29 is 19.2 Å². The minimum atomic E-state index is -0.863. The second kappa shape index (κ2) is 11.4. The summed E-state index contributed by atoms with van der Waals surface area (Å²) in [5, 5.41) is 15.0. The molecule has 2 aromatic carbocycles. The van der Waals surface area contributed by atoms with Crippen molar-refractivity contribution in [2.24, 2.45) is 5.41 Å². The van der Waals surface area contributed by atoms with Crippen molar-refractivity contribution in [3.8, 4) is 11.3 Å². The summed E-state index contributed by atoms with van der Waals surface area (Å²) in [7, 11) is 0. The SMILES string of the molecule is CCC1(OCc2c(-c3c(Cl)cccc3Cl)noc2C2CC2)CCC(C)(CN2CCc3ccc(C(=O)O)cc3C2)CC1. The first-order valence-corrected chi connectivity index (χ1v) is 15.6. The van der Waals surface area contributed by atoms with Gasteiger partial charge in [-0.2, -0.15) is 0 Å². The summed E-state index contributed by atoms with van der Waals surface area (Å²) in [6.07, 6.45) is 8.29. The van der Waals surface area contributed by atoms with E-state index in [2.05, 4.69) is 23.9 Å². The molecule has 1 N–H and O–H groups in total. The second-order valence-electron chi connectivity index (χ2n) is 12.6. The van der Waals surface area contributed by atoms with Gasteiger partial charge in [-0.3, -0.25) is 4.90 Å². The molecule has 41 heavy (non-hydrogen) atoms. The van der Waals surface area contributed by atoms with Crippen LogP contribution in [-0.2, 0) is 24.3 Å². The monoisotopic (exact) mass is 596 g/mol. The maximum atomic E-state index is 11.5. The van der Waals surface area contributed by atoms with Crippen LogP contribution in [0.15, 0.2) is 40.9 Å². The highest BCUT2D eigenvalue weighted by atomic mass is 35.5. The molecule has 2 heterocycles. The third kappa shape index (κ3) is 5.94. The Balaban J connectivity index is 1.13. The molecule has 6 nitrogen and oxygen atoms in total. The molecule has 0 atom stereocenters. The Morgan fingerprint density at radius 1 is 1.12 bits per heavy atom.